The Labute approximate surface area is 147 Å². The van der Waals surface area contributed by atoms with E-state index in [0.717, 1.165) is 38.9 Å². The number of nitrogens with one attached hydrogen (secondary N) is 2. The van der Waals surface area contributed by atoms with Gasteiger partial charge in [-0.1, -0.05) is 0 Å². The number of rotatable bonds is 5. The second kappa shape index (κ2) is 6.47. The number of imidazole rings is 2. The van der Waals surface area contributed by atoms with Crippen molar-refractivity contribution in [3.05, 3.63) is 47.5 Å². The Bertz CT molecular complexity index is 994. The third-order valence-electron chi connectivity index (χ3n) is 4.21. The summed E-state index contributed by atoms with van der Waals surface area (Å²) in [7, 11) is 1.66. The average molecular weight is 355 g/mol. The second-order valence-corrected chi connectivity index (χ2v) is 7.16. The van der Waals surface area contributed by atoms with Gasteiger partial charge < -0.3 is 14.3 Å². The van der Waals surface area contributed by atoms with E-state index in [1.54, 1.807) is 19.6 Å². The molecule has 128 valence electrons. The maximum Gasteiger partial charge on any atom is 0.322 e. The fraction of sp³-hybridized carbons (Fsp3) is 0.235. The number of benzene rings is 1. The Morgan fingerprint density at radius 3 is 2.88 bits per heavy atom. The fourth-order valence-electron chi connectivity index (χ4n) is 2.80. The van der Waals surface area contributed by atoms with Crippen LogP contribution in [-0.4, -0.2) is 36.6 Å². The molecule has 1 aromatic carbocycles. The molecule has 1 unspecified atom stereocenters. The molecule has 1 atom stereocenters. The standard InChI is InChI=1S/C17H17N5O2S/c1-10-11(7-24-2)3-4-18-16(10)8-25(23)17-21-14-5-12-13(20-9-19-12)6-15(14)22-17/h3-6,9H,7-8H2,1-2H3,(H,19,20)(H,21,22). The Morgan fingerprint density at radius 1 is 1.20 bits per heavy atom. The number of pyridine rings is 1. The highest BCUT2D eigenvalue weighted by Gasteiger charge is 2.20. The van der Waals surface area contributed by atoms with Crippen molar-refractivity contribution in [1.82, 2.24) is 24.9 Å². The van der Waals surface area contributed by atoms with Crippen LogP contribution < -0.4 is 0 Å². The van der Waals surface area contributed by atoms with E-state index in [9.17, 15) is 4.55 Å². The number of hydrogen-bond acceptors (Lipinski definition) is 5. The first kappa shape index (κ1) is 16.1. The van der Waals surface area contributed by atoms with Gasteiger partial charge in [-0.25, -0.2) is 4.98 Å². The summed E-state index contributed by atoms with van der Waals surface area (Å²) in [5.74, 6) is 0.305. The van der Waals surface area contributed by atoms with Crippen LogP contribution >= 0.6 is 0 Å². The van der Waals surface area contributed by atoms with Gasteiger partial charge in [-0.15, -0.1) is 0 Å². The predicted molar refractivity (Wildman–Crippen MR) is 95.5 cm³/mol. The minimum Gasteiger partial charge on any atom is -0.609 e. The molecule has 4 aromatic rings. The van der Waals surface area contributed by atoms with Gasteiger partial charge in [0, 0.05) is 24.5 Å². The molecular formula is C17H17N5O2S. The zero-order valence-electron chi connectivity index (χ0n) is 13.9. The molecule has 25 heavy (non-hydrogen) atoms. The SMILES string of the molecule is COCc1ccnc(C[S+]([O-])c2nc3cc4[nH]cnc4cc3[nH]2)c1C. The van der Waals surface area contributed by atoms with Crippen LogP contribution in [0.5, 0.6) is 0 Å². The van der Waals surface area contributed by atoms with Gasteiger partial charge in [0.2, 0.25) is 0 Å². The lowest BCUT2D eigenvalue weighted by molar-refractivity contribution is 0.184. The highest BCUT2D eigenvalue weighted by Crippen LogP contribution is 2.23. The van der Waals surface area contributed by atoms with Crippen molar-refractivity contribution in [2.45, 2.75) is 24.4 Å². The zero-order valence-corrected chi connectivity index (χ0v) is 14.7. The molecular weight excluding hydrogens is 338 g/mol. The topological polar surface area (TPSA) is 103 Å². The maximum absolute atomic E-state index is 12.8. The van der Waals surface area contributed by atoms with Gasteiger partial charge >= 0.3 is 5.16 Å². The van der Waals surface area contributed by atoms with Gasteiger partial charge in [-0.05, 0) is 36.2 Å². The van der Waals surface area contributed by atoms with E-state index in [2.05, 4.69) is 24.9 Å². The monoisotopic (exact) mass is 355 g/mol. The lowest BCUT2D eigenvalue weighted by atomic mass is 10.1. The van der Waals surface area contributed by atoms with Crippen LogP contribution in [0.4, 0.5) is 0 Å². The smallest absolute Gasteiger partial charge is 0.322 e. The predicted octanol–water partition coefficient (Wildman–Crippen LogP) is 2.60. The van der Waals surface area contributed by atoms with Crippen LogP contribution in [0.15, 0.2) is 35.9 Å². The van der Waals surface area contributed by atoms with Gasteiger partial charge in [-0.3, -0.25) is 9.97 Å². The molecule has 0 amide bonds. The number of aromatic amines is 2. The molecule has 0 aliphatic heterocycles. The molecule has 0 saturated carbocycles. The van der Waals surface area contributed by atoms with Crippen molar-refractivity contribution in [3.63, 3.8) is 0 Å². The van der Waals surface area contributed by atoms with Crippen LogP contribution in [0.2, 0.25) is 0 Å². The number of hydrogen-bond donors (Lipinski definition) is 2. The average Bonchev–Trinajstić information content (AvgIpc) is 3.22. The first-order valence-electron chi connectivity index (χ1n) is 7.79. The summed E-state index contributed by atoms with van der Waals surface area (Å²) < 4.78 is 18.0. The minimum atomic E-state index is -1.32. The summed E-state index contributed by atoms with van der Waals surface area (Å²) in [4.78, 5) is 19.3. The number of fused-ring (bicyclic) bond motifs is 2. The van der Waals surface area contributed by atoms with Crippen LogP contribution in [0.1, 0.15) is 16.8 Å². The lowest BCUT2D eigenvalue weighted by Gasteiger charge is -2.11. The van der Waals surface area contributed by atoms with Crippen molar-refractivity contribution < 1.29 is 9.29 Å². The minimum absolute atomic E-state index is 0.305. The Hall–Kier alpha value is -2.42. The summed E-state index contributed by atoms with van der Waals surface area (Å²) in [6.07, 6.45) is 3.37. The maximum atomic E-state index is 12.8. The van der Waals surface area contributed by atoms with E-state index in [1.165, 1.54) is 0 Å². The highest BCUT2D eigenvalue weighted by molar-refractivity contribution is 7.90. The summed E-state index contributed by atoms with van der Waals surface area (Å²) in [6.45, 7) is 2.48. The zero-order chi connectivity index (χ0) is 17.4. The van der Waals surface area contributed by atoms with E-state index < -0.39 is 11.2 Å². The van der Waals surface area contributed by atoms with E-state index >= 15 is 0 Å². The molecule has 0 aliphatic carbocycles. The number of ether oxygens (including phenoxy) is 1. The van der Waals surface area contributed by atoms with Gasteiger partial charge in [0.05, 0.1) is 40.7 Å². The van der Waals surface area contributed by atoms with E-state index in [0.29, 0.717) is 17.5 Å². The van der Waals surface area contributed by atoms with Gasteiger partial charge in [-0.2, -0.15) is 4.98 Å². The highest BCUT2D eigenvalue weighted by atomic mass is 32.2. The van der Waals surface area contributed by atoms with Crippen LogP contribution in [-0.2, 0) is 28.3 Å². The summed E-state index contributed by atoms with van der Waals surface area (Å²) in [6, 6.07) is 5.72. The van der Waals surface area contributed by atoms with E-state index in [1.807, 2.05) is 25.1 Å². The van der Waals surface area contributed by atoms with Crippen molar-refractivity contribution in [2.75, 3.05) is 7.11 Å². The van der Waals surface area contributed by atoms with Gasteiger partial charge in [0.15, 0.2) is 5.75 Å². The molecule has 2 N–H and O–H groups in total. The van der Waals surface area contributed by atoms with Crippen molar-refractivity contribution in [1.29, 1.82) is 0 Å². The fourth-order valence-corrected chi connectivity index (χ4v) is 3.90. The molecule has 3 aromatic heterocycles. The van der Waals surface area contributed by atoms with E-state index in [-0.39, 0.29) is 0 Å². The summed E-state index contributed by atoms with van der Waals surface area (Å²) >= 11 is -1.32. The van der Waals surface area contributed by atoms with Crippen LogP contribution in [0.25, 0.3) is 22.1 Å². The third-order valence-corrected chi connectivity index (χ3v) is 5.37. The summed E-state index contributed by atoms with van der Waals surface area (Å²) in [5.41, 5.74) is 6.18. The van der Waals surface area contributed by atoms with Crippen molar-refractivity contribution in [3.8, 4) is 0 Å². The second-order valence-electron chi connectivity index (χ2n) is 5.80. The number of H-pyrrole nitrogens is 2. The van der Waals surface area contributed by atoms with Crippen molar-refractivity contribution in [2.24, 2.45) is 0 Å². The third kappa shape index (κ3) is 2.99. The first-order chi connectivity index (χ1) is 12.2. The Balaban J connectivity index is 1.63. The Morgan fingerprint density at radius 2 is 2.04 bits per heavy atom. The molecule has 0 aliphatic rings. The van der Waals surface area contributed by atoms with Crippen LogP contribution in [0, 0.1) is 6.92 Å². The molecule has 0 bridgehead atoms. The molecule has 8 heteroatoms. The van der Waals surface area contributed by atoms with Gasteiger partial charge in [0.25, 0.3) is 0 Å². The number of methoxy groups -OCH3 is 1. The van der Waals surface area contributed by atoms with Crippen LogP contribution in [0.3, 0.4) is 0 Å². The molecule has 7 nitrogen and oxygen atoms in total. The molecule has 0 fully saturated rings. The number of nitrogens with zero attached hydrogens (tertiary/aromatic N) is 3. The first-order valence-corrected chi connectivity index (χ1v) is 9.11. The molecule has 0 spiro atoms. The molecule has 0 saturated heterocycles. The van der Waals surface area contributed by atoms with E-state index in [4.69, 9.17) is 4.74 Å². The molecule has 0 radical (unpaired) electrons. The number of aromatic nitrogens is 5. The normalized spacial score (nSPS) is 12.9. The molecule has 4 rings (SSSR count). The molecule has 3 heterocycles. The largest absolute Gasteiger partial charge is 0.609 e. The van der Waals surface area contributed by atoms with Crippen molar-refractivity contribution >= 4 is 33.2 Å². The quantitative estimate of drug-likeness (QED) is 0.536. The Kier molecular flexibility index (Phi) is 4.16. The van der Waals surface area contributed by atoms with Gasteiger partial charge in [0.1, 0.15) is 0 Å². The summed E-state index contributed by atoms with van der Waals surface area (Å²) in [5, 5.41) is 0.445. The lowest BCUT2D eigenvalue weighted by Crippen LogP contribution is -2.10.